The molecule has 1 aromatic heterocycles. The van der Waals surface area contributed by atoms with Crippen LogP contribution in [0.3, 0.4) is 0 Å². The van der Waals surface area contributed by atoms with E-state index >= 15 is 0 Å². The molecule has 0 saturated heterocycles. The number of hydrogen-bond donors (Lipinski definition) is 0. The molecule has 2 nitrogen and oxygen atoms in total. The normalized spacial score (nSPS) is 13.7. The van der Waals surface area contributed by atoms with Gasteiger partial charge in [0.05, 0.1) is 11.1 Å². The van der Waals surface area contributed by atoms with Crippen molar-refractivity contribution in [1.82, 2.24) is 0 Å². The van der Waals surface area contributed by atoms with Gasteiger partial charge < -0.3 is 9.32 Å². The van der Waals surface area contributed by atoms with E-state index in [1.54, 1.807) is 0 Å². The first-order valence-electron chi connectivity index (χ1n) is 22.0. The maximum Gasteiger partial charge on any atom is 0.143 e. The highest BCUT2D eigenvalue weighted by Gasteiger charge is 2.47. The molecule has 0 bridgehead atoms. The number of nitrogens with zero attached hydrogens (tertiary/aromatic N) is 1. The van der Waals surface area contributed by atoms with E-state index in [4.69, 9.17) is 4.42 Å². The van der Waals surface area contributed by atoms with Gasteiger partial charge in [-0.05, 0) is 93.3 Å². The van der Waals surface area contributed by atoms with Gasteiger partial charge in [-0.15, -0.1) is 0 Å². The number of rotatable bonds is 8. The molecule has 298 valence electrons. The number of para-hydroxylation sites is 2. The van der Waals surface area contributed by atoms with Crippen molar-refractivity contribution in [3.63, 3.8) is 0 Å². The minimum atomic E-state index is -0.505. The zero-order valence-corrected chi connectivity index (χ0v) is 34.8. The van der Waals surface area contributed by atoms with Crippen LogP contribution in [0.25, 0.3) is 60.9 Å². The number of benzene rings is 9. The van der Waals surface area contributed by atoms with Crippen molar-refractivity contribution in [1.29, 1.82) is 0 Å². The van der Waals surface area contributed by atoms with Crippen molar-refractivity contribution in [2.24, 2.45) is 0 Å². The summed E-state index contributed by atoms with van der Waals surface area (Å²) in [6.45, 7) is 0. The third-order valence-electron chi connectivity index (χ3n) is 13.2. The number of furan rings is 1. The summed E-state index contributed by atoms with van der Waals surface area (Å²) in [5, 5.41) is 2.24. The van der Waals surface area contributed by atoms with Gasteiger partial charge >= 0.3 is 0 Å². The number of hydrogen-bond acceptors (Lipinski definition) is 2. The lowest BCUT2D eigenvalue weighted by molar-refractivity contribution is 0.671. The maximum absolute atomic E-state index is 6.86. The van der Waals surface area contributed by atoms with E-state index in [9.17, 15) is 0 Å². The highest BCUT2D eigenvalue weighted by atomic mass is 16.3. The van der Waals surface area contributed by atoms with Crippen molar-refractivity contribution in [2.75, 3.05) is 4.90 Å². The van der Waals surface area contributed by atoms with Crippen LogP contribution in [0.5, 0.6) is 0 Å². The van der Waals surface area contributed by atoms with Crippen molar-refractivity contribution in [3.05, 3.63) is 264 Å². The fraction of sp³-hybridized carbons (Fsp3) is 0.0492. The SMILES string of the molecule is C1=CC(c2ccc(N(c3ccc(-c4cccc5c4oc4c(-c6ccccc6)cccc45)cc3)c3cccc4c3-c3ccccc3C4(c3ccccc3)c3ccccc3)cc2)=CCC1. The molecule has 63 heavy (non-hydrogen) atoms. The molecule has 2 aliphatic rings. The predicted molar refractivity (Wildman–Crippen MR) is 263 cm³/mol. The predicted octanol–water partition coefficient (Wildman–Crippen LogP) is 16.5. The summed E-state index contributed by atoms with van der Waals surface area (Å²) in [5.41, 5.74) is 19.1. The van der Waals surface area contributed by atoms with Crippen molar-refractivity contribution < 1.29 is 4.42 Å². The van der Waals surface area contributed by atoms with Gasteiger partial charge in [-0.2, -0.15) is 0 Å². The highest BCUT2D eigenvalue weighted by molar-refractivity contribution is 6.13. The summed E-state index contributed by atoms with van der Waals surface area (Å²) >= 11 is 0. The van der Waals surface area contributed by atoms with Gasteiger partial charge in [-0.3, -0.25) is 0 Å². The lowest BCUT2D eigenvalue weighted by Crippen LogP contribution is -2.28. The van der Waals surface area contributed by atoms with E-state index in [1.807, 2.05) is 0 Å². The summed E-state index contributed by atoms with van der Waals surface area (Å²) in [4.78, 5) is 2.45. The molecule has 0 atom stereocenters. The van der Waals surface area contributed by atoms with Crippen molar-refractivity contribution >= 4 is 44.6 Å². The van der Waals surface area contributed by atoms with E-state index in [1.165, 1.54) is 44.5 Å². The van der Waals surface area contributed by atoms with Crippen LogP contribution in [0.1, 0.15) is 40.7 Å². The third kappa shape index (κ3) is 5.94. The molecule has 0 radical (unpaired) electrons. The quantitative estimate of drug-likeness (QED) is 0.152. The second kappa shape index (κ2) is 15.2. The lowest BCUT2D eigenvalue weighted by atomic mass is 9.68. The van der Waals surface area contributed by atoms with E-state index in [0.29, 0.717) is 0 Å². The Morgan fingerprint density at radius 2 is 0.905 bits per heavy atom. The Balaban J connectivity index is 1.04. The van der Waals surface area contributed by atoms with E-state index in [-0.39, 0.29) is 0 Å². The Morgan fingerprint density at radius 3 is 1.51 bits per heavy atom. The average molecular weight is 806 g/mol. The van der Waals surface area contributed by atoms with E-state index in [2.05, 4.69) is 242 Å². The Kier molecular flexibility index (Phi) is 8.90. The van der Waals surface area contributed by atoms with Crippen LogP contribution in [-0.2, 0) is 5.41 Å². The van der Waals surface area contributed by atoms with Crippen LogP contribution < -0.4 is 4.90 Å². The van der Waals surface area contributed by atoms with Crippen LogP contribution in [-0.4, -0.2) is 0 Å². The zero-order chi connectivity index (χ0) is 41.7. The minimum Gasteiger partial charge on any atom is -0.455 e. The van der Waals surface area contributed by atoms with Gasteiger partial charge in [-0.25, -0.2) is 0 Å². The number of anilines is 3. The molecule has 10 aromatic rings. The average Bonchev–Trinajstić information content (AvgIpc) is 3.90. The van der Waals surface area contributed by atoms with E-state index < -0.39 is 5.41 Å². The molecule has 2 aliphatic carbocycles. The first kappa shape index (κ1) is 36.9. The first-order valence-corrected chi connectivity index (χ1v) is 22.0. The van der Waals surface area contributed by atoms with Crippen LogP contribution in [0.15, 0.2) is 241 Å². The van der Waals surface area contributed by atoms with E-state index in [0.717, 1.165) is 74.1 Å². The van der Waals surface area contributed by atoms with Gasteiger partial charge in [-0.1, -0.05) is 206 Å². The molecule has 0 amide bonds. The van der Waals surface area contributed by atoms with Gasteiger partial charge in [0.25, 0.3) is 0 Å². The Hall–Kier alpha value is -7.94. The number of allylic oxidation sites excluding steroid dienone is 4. The molecule has 0 N–H and O–H groups in total. The lowest BCUT2D eigenvalue weighted by Gasteiger charge is -2.34. The third-order valence-corrected chi connectivity index (χ3v) is 13.2. The molecular weight excluding hydrogens is 763 g/mol. The molecule has 0 aliphatic heterocycles. The summed E-state index contributed by atoms with van der Waals surface area (Å²) in [6, 6.07) is 79.7. The molecular formula is C61H43NO. The van der Waals surface area contributed by atoms with Gasteiger partial charge in [0.2, 0.25) is 0 Å². The largest absolute Gasteiger partial charge is 0.455 e. The molecule has 0 spiro atoms. The molecule has 0 fully saturated rings. The monoisotopic (exact) mass is 805 g/mol. The molecule has 9 aromatic carbocycles. The Morgan fingerprint density at radius 1 is 0.397 bits per heavy atom. The fourth-order valence-corrected chi connectivity index (χ4v) is 10.4. The fourth-order valence-electron chi connectivity index (χ4n) is 10.4. The Labute approximate surface area is 368 Å². The second-order valence-corrected chi connectivity index (χ2v) is 16.6. The van der Waals surface area contributed by atoms with Gasteiger partial charge in [0.15, 0.2) is 0 Å². The summed E-state index contributed by atoms with van der Waals surface area (Å²) in [6.07, 6.45) is 9.06. The maximum atomic E-state index is 6.86. The van der Waals surface area contributed by atoms with Crippen LogP contribution in [0, 0.1) is 0 Å². The van der Waals surface area contributed by atoms with Crippen molar-refractivity contribution in [2.45, 2.75) is 18.3 Å². The Bertz CT molecular complexity index is 3320. The molecule has 0 unspecified atom stereocenters. The second-order valence-electron chi connectivity index (χ2n) is 16.6. The van der Waals surface area contributed by atoms with Crippen LogP contribution >= 0.6 is 0 Å². The topological polar surface area (TPSA) is 16.4 Å². The van der Waals surface area contributed by atoms with Crippen LogP contribution in [0.4, 0.5) is 17.1 Å². The zero-order valence-electron chi connectivity index (χ0n) is 34.8. The smallest absolute Gasteiger partial charge is 0.143 e. The van der Waals surface area contributed by atoms with Crippen LogP contribution in [0.2, 0.25) is 0 Å². The molecule has 12 rings (SSSR count). The van der Waals surface area contributed by atoms with Gasteiger partial charge in [0.1, 0.15) is 11.2 Å². The molecule has 0 saturated carbocycles. The highest BCUT2D eigenvalue weighted by Crippen LogP contribution is 2.59. The van der Waals surface area contributed by atoms with Crippen molar-refractivity contribution in [3.8, 4) is 33.4 Å². The van der Waals surface area contributed by atoms with Gasteiger partial charge in [0, 0.05) is 38.8 Å². The summed E-state index contributed by atoms with van der Waals surface area (Å²) < 4.78 is 6.86. The number of fused-ring (bicyclic) bond motifs is 6. The molecule has 1 heterocycles. The first-order chi connectivity index (χ1) is 31.3. The summed E-state index contributed by atoms with van der Waals surface area (Å²) in [5.74, 6) is 0. The minimum absolute atomic E-state index is 0.505. The standard InChI is InChI=1S/C61H43NO/c1-5-18-42(19-6-1)43-34-38-48(39-35-43)62(49-40-36-45(37-41-49)51-28-16-30-53-52-29-15-27-50(59(52)63-60(51)53)44-20-7-2-8-21-44)57-33-17-32-56-58(57)54-26-13-14-31-55(54)61(56,46-22-9-3-10-23-46)47-24-11-4-12-25-47/h2-5,7-41H,1,6H2. The molecule has 2 heteroatoms. The summed E-state index contributed by atoms with van der Waals surface area (Å²) in [7, 11) is 0.